The van der Waals surface area contributed by atoms with E-state index in [1.54, 1.807) is 11.7 Å². The molecule has 13 heavy (non-hydrogen) atoms. The number of aromatic nitrogens is 2. The number of alkyl halides is 2. The normalized spacial score (nSPS) is 19.9. The molecule has 0 atom stereocenters. The van der Waals surface area contributed by atoms with Crippen molar-refractivity contribution >= 4 is 5.82 Å². The van der Waals surface area contributed by atoms with E-state index < -0.39 is 5.92 Å². The van der Waals surface area contributed by atoms with Gasteiger partial charge in [-0.05, 0) is 6.42 Å². The third-order valence-electron chi connectivity index (χ3n) is 2.47. The molecule has 2 N–H and O–H groups in total. The zero-order valence-electron chi connectivity index (χ0n) is 7.35. The summed E-state index contributed by atoms with van der Waals surface area (Å²) in [6.45, 7) is 0. The van der Waals surface area contributed by atoms with Gasteiger partial charge in [-0.15, -0.1) is 0 Å². The second kappa shape index (κ2) is 2.43. The van der Waals surface area contributed by atoms with Crippen molar-refractivity contribution in [2.75, 3.05) is 5.73 Å². The van der Waals surface area contributed by atoms with E-state index in [1.807, 2.05) is 0 Å². The molecule has 2 rings (SSSR count). The molecule has 72 valence electrons. The Balaban J connectivity index is 2.45. The number of anilines is 1. The lowest BCUT2D eigenvalue weighted by Crippen LogP contribution is -2.26. The van der Waals surface area contributed by atoms with Crippen LogP contribution in [0.1, 0.15) is 17.7 Å². The molecular weight excluding hydrogens is 176 g/mol. The largest absolute Gasteiger partial charge is 0.382 e. The second-order valence-corrected chi connectivity index (χ2v) is 3.47. The Hall–Kier alpha value is -1.13. The van der Waals surface area contributed by atoms with Gasteiger partial charge in [0.05, 0.1) is 0 Å². The summed E-state index contributed by atoms with van der Waals surface area (Å²) >= 11 is 0. The molecule has 0 spiro atoms. The average Bonchev–Trinajstić information content (AvgIpc) is 2.26. The SMILES string of the molecule is Cn1nc(N)c2c1CCC(F)(F)C2. The van der Waals surface area contributed by atoms with Crippen molar-refractivity contribution in [2.24, 2.45) is 7.05 Å². The first-order valence-electron chi connectivity index (χ1n) is 4.18. The molecule has 0 amide bonds. The molecule has 0 saturated heterocycles. The number of hydrogen-bond acceptors (Lipinski definition) is 2. The molecule has 0 unspecified atom stereocenters. The van der Waals surface area contributed by atoms with Gasteiger partial charge < -0.3 is 5.73 Å². The van der Waals surface area contributed by atoms with Crippen LogP contribution in [-0.2, 0) is 19.9 Å². The van der Waals surface area contributed by atoms with Crippen molar-refractivity contribution in [2.45, 2.75) is 25.2 Å². The number of nitrogens with two attached hydrogens (primary N) is 1. The maximum absolute atomic E-state index is 13.0. The fourth-order valence-electron chi connectivity index (χ4n) is 1.78. The molecule has 0 fully saturated rings. The van der Waals surface area contributed by atoms with Crippen LogP contribution in [0.2, 0.25) is 0 Å². The van der Waals surface area contributed by atoms with Gasteiger partial charge in [0.15, 0.2) is 0 Å². The van der Waals surface area contributed by atoms with Crippen LogP contribution in [0, 0.1) is 0 Å². The van der Waals surface area contributed by atoms with Crippen molar-refractivity contribution in [1.82, 2.24) is 9.78 Å². The number of rotatable bonds is 0. The lowest BCUT2D eigenvalue weighted by atomic mass is 9.94. The molecule has 1 aliphatic rings. The highest BCUT2D eigenvalue weighted by Crippen LogP contribution is 2.34. The molecule has 0 aromatic carbocycles. The standard InChI is InChI=1S/C8H11F2N3/c1-13-6-2-3-8(9,10)4-5(6)7(11)12-13/h2-4H2,1H3,(H2,11,12). The highest BCUT2D eigenvalue weighted by molar-refractivity contribution is 5.44. The summed E-state index contributed by atoms with van der Waals surface area (Å²) in [7, 11) is 1.73. The lowest BCUT2D eigenvalue weighted by Gasteiger charge is -2.21. The lowest BCUT2D eigenvalue weighted by molar-refractivity contribution is -0.0126. The Morgan fingerprint density at radius 2 is 2.23 bits per heavy atom. The minimum atomic E-state index is -2.61. The predicted molar refractivity (Wildman–Crippen MR) is 44.6 cm³/mol. The fraction of sp³-hybridized carbons (Fsp3) is 0.625. The number of aryl methyl sites for hydroxylation is 1. The Morgan fingerprint density at radius 1 is 1.54 bits per heavy atom. The summed E-state index contributed by atoms with van der Waals surface area (Å²) in [6, 6.07) is 0. The molecule has 1 aliphatic carbocycles. The van der Waals surface area contributed by atoms with E-state index in [4.69, 9.17) is 5.73 Å². The maximum Gasteiger partial charge on any atom is 0.252 e. The maximum atomic E-state index is 13.0. The first kappa shape index (κ1) is 8.47. The average molecular weight is 187 g/mol. The molecule has 0 radical (unpaired) electrons. The summed E-state index contributed by atoms with van der Waals surface area (Å²) in [6.07, 6.45) is 0.00398. The van der Waals surface area contributed by atoms with Crippen LogP contribution >= 0.6 is 0 Å². The Bertz CT molecular complexity index is 343. The zero-order valence-corrected chi connectivity index (χ0v) is 7.35. The van der Waals surface area contributed by atoms with Gasteiger partial charge in [-0.25, -0.2) is 8.78 Å². The molecule has 1 aromatic rings. The van der Waals surface area contributed by atoms with Crippen LogP contribution in [0.3, 0.4) is 0 Å². The first-order chi connectivity index (χ1) is 5.99. The first-order valence-corrected chi connectivity index (χ1v) is 4.18. The van der Waals surface area contributed by atoms with Crippen LogP contribution in [-0.4, -0.2) is 15.7 Å². The van der Waals surface area contributed by atoms with E-state index in [0.717, 1.165) is 5.69 Å². The molecule has 0 bridgehead atoms. The number of nitrogens with zero attached hydrogens (tertiary/aromatic N) is 2. The number of fused-ring (bicyclic) bond motifs is 1. The van der Waals surface area contributed by atoms with Gasteiger partial charge in [0.2, 0.25) is 0 Å². The van der Waals surface area contributed by atoms with Gasteiger partial charge in [0, 0.05) is 31.1 Å². The van der Waals surface area contributed by atoms with Crippen molar-refractivity contribution < 1.29 is 8.78 Å². The topological polar surface area (TPSA) is 43.8 Å². The summed E-state index contributed by atoms with van der Waals surface area (Å²) in [4.78, 5) is 0. The van der Waals surface area contributed by atoms with Gasteiger partial charge >= 0.3 is 0 Å². The van der Waals surface area contributed by atoms with Crippen LogP contribution in [0.15, 0.2) is 0 Å². The van der Waals surface area contributed by atoms with Crippen LogP contribution in [0.5, 0.6) is 0 Å². The van der Waals surface area contributed by atoms with Crippen LogP contribution < -0.4 is 5.73 Å². The van der Waals surface area contributed by atoms with E-state index in [0.29, 0.717) is 12.0 Å². The molecule has 1 heterocycles. The highest BCUT2D eigenvalue weighted by Gasteiger charge is 2.37. The molecule has 3 nitrogen and oxygen atoms in total. The van der Waals surface area contributed by atoms with Gasteiger partial charge in [-0.1, -0.05) is 0 Å². The van der Waals surface area contributed by atoms with Crippen molar-refractivity contribution in [3.63, 3.8) is 0 Å². The minimum Gasteiger partial charge on any atom is -0.382 e. The molecule has 0 saturated carbocycles. The predicted octanol–water partition coefficient (Wildman–Crippen LogP) is 1.13. The van der Waals surface area contributed by atoms with E-state index in [2.05, 4.69) is 5.10 Å². The number of hydrogen-bond donors (Lipinski definition) is 1. The summed E-state index contributed by atoms with van der Waals surface area (Å²) in [5.74, 6) is -2.36. The Morgan fingerprint density at radius 3 is 2.92 bits per heavy atom. The monoisotopic (exact) mass is 187 g/mol. The van der Waals surface area contributed by atoms with E-state index in [9.17, 15) is 8.78 Å². The number of halogens is 2. The molecular formula is C8H11F2N3. The molecule has 0 aliphatic heterocycles. The van der Waals surface area contributed by atoms with Gasteiger partial charge in [0.25, 0.3) is 5.92 Å². The number of nitrogen functional groups attached to an aromatic ring is 1. The minimum absolute atomic E-state index is 0.0982. The van der Waals surface area contributed by atoms with Crippen molar-refractivity contribution in [3.8, 4) is 0 Å². The molecule has 5 heteroatoms. The third kappa shape index (κ3) is 1.28. The third-order valence-corrected chi connectivity index (χ3v) is 2.47. The van der Waals surface area contributed by atoms with Crippen LogP contribution in [0.4, 0.5) is 14.6 Å². The van der Waals surface area contributed by atoms with Crippen molar-refractivity contribution in [3.05, 3.63) is 11.3 Å². The van der Waals surface area contributed by atoms with Crippen LogP contribution in [0.25, 0.3) is 0 Å². The second-order valence-electron chi connectivity index (χ2n) is 3.47. The summed E-state index contributed by atoms with van der Waals surface area (Å²) < 4.78 is 27.6. The Labute approximate surface area is 74.5 Å². The summed E-state index contributed by atoms with van der Waals surface area (Å²) in [5.41, 5.74) is 6.90. The van der Waals surface area contributed by atoms with E-state index in [1.165, 1.54) is 0 Å². The fourth-order valence-corrected chi connectivity index (χ4v) is 1.78. The van der Waals surface area contributed by atoms with Crippen molar-refractivity contribution in [1.29, 1.82) is 0 Å². The molecule has 1 aromatic heterocycles. The van der Waals surface area contributed by atoms with E-state index >= 15 is 0 Å². The van der Waals surface area contributed by atoms with E-state index in [-0.39, 0.29) is 18.7 Å². The highest BCUT2D eigenvalue weighted by atomic mass is 19.3. The van der Waals surface area contributed by atoms with Gasteiger partial charge in [0.1, 0.15) is 5.82 Å². The van der Waals surface area contributed by atoms with Gasteiger partial charge in [-0.2, -0.15) is 5.10 Å². The quantitative estimate of drug-likeness (QED) is 0.661. The van der Waals surface area contributed by atoms with Gasteiger partial charge in [-0.3, -0.25) is 4.68 Å². The zero-order chi connectivity index (χ0) is 9.64. The Kier molecular flexibility index (Phi) is 1.58. The summed E-state index contributed by atoms with van der Waals surface area (Å²) in [5, 5.41) is 3.92. The smallest absolute Gasteiger partial charge is 0.252 e.